The molecule has 3 rings (SSSR count). The van der Waals surface area contributed by atoms with Crippen LogP contribution in [0.2, 0.25) is 0 Å². The van der Waals surface area contributed by atoms with E-state index in [1.165, 1.54) is 24.8 Å². The van der Waals surface area contributed by atoms with E-state index < -0.39 is 0 Å². The molecule has 1 saturated heterocycles. The molecule has 0 bridgehead atoms. The van der Waals surface area contributed by atoms with E-state index in [2.05, 4.69) is 29.0 Å². The Labute approximate surface area is 150 Å². The smallest absolute Gasteiger partial charge is 0.274 e. The van der Waals surface area contributed by atoms with Crippen LogP contribution in [0.3, 0.4) is 0 Å². The van der Waals surface area contributed by atoms with Gasteiger partial charge in [-0.05, 0) is 61.9 Å². The number of aryl methyl sites for hydroxylation is 1. The maximum absolute atomic E-state index is 12.6. The molecular weight excluding hydrogens is 310 g/mol. The Hall–Kier alpha value is -2.36. The Bertz CT molecular complexity index is 711. The van der Waals surface area contributed by atoms with Crippen molar-refractivity contribution in [2.24, 2.45) is 0 Å². The number of aromatic nitrogens is 1. The number of hydrogen-bond acceptors (Lipinski definition) is 3. The average Bonchev–Trinajstić information content (AvgIpc) is 2.68. The van der Waals surface area contributed by atoms with Crippen molar-refractivity contribution in [3.05, 3.63) is 53.9 Å². The van der Waals surface area contributed by atoms with Crippen LogP contribution in [0.15, 0.2) is 42.6 Å². The first kappa shape index (κ1) is 17.5. The number of rotatable bonds is 5. The lowest BCUT2D eigenvalue weighted by molar-refractivity contribution is 0.102. The number of carbonyl (C=O) groups excluding carboxylic acids is 1. The third-order valence-corrected chi connectivity index (χ3v) is 5.03. The summed E-state index contributed by atoms with van der Waals surface area (Å²) in [6.45, 7) is 5.41. The molecule has 132 valence electrons. The average molecular weight is 337 g/mol. The van der Waals surface area contributed by atoms with Gasteiger partial charge in [-0.2, -0.15) is 0 Å². The predicted octanol–water partition coefficient (Wildman–Crippen LogP) is 4.67. The van der Waals surface area contributed by atoms with E-state index in [1.54, 1.807) is 6.20 Å². The minimum Gasteiger partial charge on any atom is -0.368 e. The maximum Gasteiger partial charge on any atom is 0.274 e. The minimum absolute atomic E-state index is 0.156. The van der Waals surface area contributed by atoms with Crippen molar-refractivity contribution in [2.75, 3.05) is 16.8 Å². The van der Waals surface area contributed by atoms with E-state index >= 15 is 0 Å². The molecule has 4 nitrogen and oxygen atoms in total. The Balaban J connectivity index is 1.74. The molecule has 2 aromatic rings. The fraction of sp³-hybridized carbons (Fsp3) is 0.429. The quantitative estimate of drug-likeness (QED) is 0.862. The number of nitrogens with one attached hydrogen (secondary N) is 1. The molecule has 2 heterocycles. The summed E-state index contributed by atoms with van der Waals surface area (Å²) in [5.74, 6) is -0.156. The van der Waals surface area contributed by atoms with Gasteiger partial charge in [0.1, 0.15) is 5.69 Å². The first-order valence-corrected chi connectivity index (χ1v) is 9.34. The highest BCUT2D eigenvalue weighted by molar-refractivity contribution is 6.03. The fourth-order valence-corrected chi connectivity index (χ4v) is 3.51. The van der Waals surface area contributed by atoms with Crippen LogP contribution in [0.5, 0.6) is 0 Å². The normalized spacial score (nSPS) is 17.4. The van der Waals surface area contributed by atoms with Gasteiger partial charge in [0.15, 0.2) is 0 Å². The summed E-state index contributed by atoms with van der Waals surface area (Å²) in [6.07, 6.45) is 7.60. The standard InChI is InChI=1S/C21H27N3O/c1-3-16-8-10-17(11-9-16)23-21(25)20-15-19(12-13-22-20)24-14-6-5-7-18(24)4-2/h8-13,15,18H,3-7,14H2,1-2H3,(H,23,25). The molecule has 1 aliphatic heterocycles. The number of benzene rings is 1. The molecule has 4 heteroatoms. The third kappa shape index (κ3) is 4.19. The van der Waals surface area contributed by atoms with Crippen molar-refractivity contribution in [1.82, 2.24) is 4.98 Å². The SMILES string of the molecule is CCc1ccc(NC(=O)c2cc(N3CCCCC3CC)ccn2)cc1. The number of nitrogens with zero attached hydrogens (tertiary/aromatic N) is 2. The Morgan fingerprint density at radius 2 is 2.00 bits per heavy atom. The second-order valence-corrected chi connectivity index (χ2v) is 6.66. The molecule has 0 aliphatic carbocycles. The van der Waals surface area contributed by atoms with E-state index in [1.807, 2.05) is 36.4 Å². The van der Waals surface area contributed by atoms with Gasteiger partial charge in [-0.25, -0.2) is 0 Å². The monoisotopic (exact) mass is 337 g/mol. The van der Waals surface area contributed by atoms with Crippen molar-refractivity contribution in [2.45, 2.75) is 52.0 Å². The largest absolute Gasteiger partial charge is 0.368 e. The lowest BCUT2D eigenvalue weighted by atomic mass is 9.99. The zero-order valence-electron chi connectivity index (χ0n) is 15.2. The van der Waals surface area contributed by atoms with Crippen LogP contribution in [0.25, 0.3) is 0 Å². The Morgan fingerprint density at radius 3 is 2.72 bits per heavy atom. The van der Waals surface area contributed by atoms with E-state index in [9.17, 15) is 4.79 Å². The van der Waals surface area contributed by atoms with E-state index in [-0.39, 0.29) is 5.91 Å². The van der Waals surface area contributed by atoms with Gasteiger partial charge in [-0.15, -0.1) is 0 Å². The van der Waals surface area contributed by atoms with Crippen LogP contribution < -0.4 is 10.2 Å². The third-order valence-electron chi connectivity index (χ3n) is 5.03. The number of carbonyl (C=O) groups is 1. The van der Waals surface area contributed by atoms with Gasteiger partial charge in [-0.1, -0.05) is 26.0 Å². The number of amides is 1. The Kier molecular flexibility index (Phi) is 5.69. The zero-order valence-corrected chi connectivity index (χ0v) is 15.2. The van der Waals surface area contributed by atoms with Gasteiger partial charge in [0.2, 0.25) is 0 Å². The fourth-order valence-electron chi connectivity index (χ4n) is 3.51. The highest BCUT2D eigenvalue weighted by Crippen LogP contribution is 2.26. The van der Waals surface area contributed by atoms with Crippen LogP contribution in [0.1, 0.15) is 55.6 Å². The molecule has 1 unspecified atom stereocenters. The second-order valence-electron chi connectivity index (χ2n) is 6.66. The summed E-state index contributed by atoms with van der Waals surface area (Å²) in [7, 11) is 0. The summed E-state index contributed by atoms with van der Waals surface area (Å²) >= 11 is 0. The summed E-state index contributed by atoms with van der Waals surface area (Å²) < 4.78 is 0. The van der Waals surface area contributed by atoms with Crippen LogP contribution in [-0.2, 0) is 6.42 Å². The van der Waals surface area contributed by atoms with Gasteiger partial charge in [0.25, 0.3) is 5.91 Å². The molecule has 0 saturated carbocycles. The molecule has 1 aliphatic rings. The lowest BCUT2D eigenvalue weighted by Crippen LogP contribution is -2.39. The Morgan fingerprint density at radius 1 is 1.20 bits per heavy atom. The molecular formula is C21H27N3O. The molecule has 1 fully saturated rings. The van der Waals surface area contributed by atoms with Crippen LogP contribution in [0.4, 0.5) is 11.4 Å². The minimum atomic E-state index is -0.156. The van der Waals surface area contributed by atoms with Crippen LogP contribution in [-0.4, -0.2) is 23.5 Å². The molecule has 1 atom stereocenters. The number of piperidine rings is 1. The van der Waals surface area contributed by atoms with Gasteiger partial charge >= 0.3 is 0 Å². The number of anilines is 2. The topological polar surface area (TPSA) is 45.2 Å². The van der Waals surface area contributed by atoms with Gasteiger partial charge < -0.3 is 10.2 Å². The first-order valence-electron chi connectivity index (χ1n) is 9.34. The number of hydrogen-bond donors (Lipinski definition) is 1. The van der Waals surface area contributed by atoms with E-state index in [0.29, 0.717) is 11.7 Å². The van der Waals surface area contributed by atoms with E-state index in [0.717, 1.165) is 30.8 Å². The molecule has 25 heavy (non-hydrogen) atoms. The van der Waals surface area contributed by atoms with Crippen molar-refractivity contribution >= 4 is 17.3 Å². The molecule has 0 spiro atoms. The van der Waals surface area contributed by atoms with E-state index in [4.69, 9.17) is 0 Å². The highest BCUT2D eigenvalue weighted by atomic mass is 16.1. The summed E-state index contributed by atoms with van der Waals surface area (Å²) in [5, 5.41) is 2.94. The van der Waals surface area contributed by atoms with Gasteiger partial charge in [0.05, 0.1) is 0 Å². The summed E-state index contributed by atoms with van der Waals surface area (Å²) in [5.41, 5.74) is 3.64. The highest BCUT2D eigenvalue weighted by Gasteiger charge is 2.22. The lowest BCUT2D eigenvalue weighted by Gasteiger charge is -2.37. The van der Waals surface area contributed by atoms with Crippen molar-refractivity contribution in [3.8, 4) is 0 Å². The number of pyridine rings is 1. The van der Waals surface area contributed by atoms with Crippen molar-refractivity contribution < 1.29 is 4.79 Å². The first-order chi connectivity index (χ1) is 12.2. The molecule has 0 radical (unpaired) electrons. The van der Waals surface area contributed by atoms with Gasteiger partial charge in [-0.3, -0.25) is 9.78 Å². The molecule has 1 N–H and O–H groups in total. The summed E-state index contributed by atoms with van der Waals surface area (Å²) in [6, 6.07) is 12.5. The van der Waals surface area contributed by atoms with Gasteiger partial charge in [0, 0.05) is 30.2 Å². The maximum atomic E-state index is 12.6. The molecule has 1 aromatic heterocycles. The summed E-state index contributed by atoms with van der Waals surface area (Å²) in [4.78, 5) is 19.3. The van der Waals surface area contributed by atoms with Crippen molar-refractivity contribution in [1.29, 1.82) is 0 Å². The molecule has 1 amide bonds. The second kappa shape index (κ2) is 8.15. The van der Waals surface area contributed by atoms with Crippen LogP contribution >= 0.6 is 0 Å². The predicted molar refractivity (Wildman–Crippen MR) is 103 cm³/mol. The molecule has 1 aromatic carbocycles. The van der Waals surface area contributed by atoms with Crippen LogP contribution in [0, 0.1) is 0 Å². The van der Waals surface area contributed by atoms with Crippen molar-refractivity contribution in [3.63, 3.8) is 0 Å². The zero-order chi connectivity index (χ0) is 17.6.